The summed E-state index contributed by atoms with van der Waals surface area (Å²) in [5.41, 5.74) is -0.978. The zero-order valence-electron chi connectivity index (χ0n) is 13.4. The third kappa shape index (κ3) is 2.09. The molecule has 22 heavy (non-hydrogen) atoms. The fourth-order valence-corrected chi connectivity index (χ4v) is 2.56. The molecule has 0 unspecified atom stereocenters. The molecule has 0 aliphatic carbocycles. The zero-order chi connectivity index (χ0) is 16.3. The molecule has 4 nitrogen and oxygen atoms in total. The highest BCUT2D eigenvalue weighted by Crippen LogP contribution is 2.36. The van der Waals surface area contributed by atoms with Crippen molar-refractivity contribution in [1.29, 1.82) is 0 Å². The molecule has 2 aromatic rings. The second kappa shape index (κ2) is 4.67. The Kier molecular flexibility index (Phi) is 3.24. The smallest absolute Gasteiger partial charge is 0.399 e. The normalized spacial score (nSPS) is 19.8. The molecule has 1 fully saturated rings. The number of hydrogen-bond acceptors (Lipinski definition) is 3. The summed E-state index contributed by atoms with van der Waals surface area (Å²) in [5, 5.41) is 0.637. The van der Waals surface area contributed by atoms with Gasteiger partial charge in [0.1, 0.15) is 5.82 Å². The van der Waals surface area contributed by atoms with Crippen LogP contribution < -0.4 is 11.0 Å². The molecule has 0 amide bonds. The largest absolute Gasteiger partial charge is 0.497 e. The lowest BCUT2D eigenvalue weighted by Crippen LogP contribution is -2.41. The number of fused-ring (bicyclic) bond motifs is 1. The molecule has 0 N–H and O–H groups in total. The molecule has 1 aromatic carbocycles. The first-order chi connectivity index (χ1) is 10.1. The third-order valence-electron chi connectivity index (χ3n) is 4.73. The topological polar surface area (TPSA) is 40.5 Å². The van der Waals surface area contributed by atoms with E-state index in [0.717, 1.165) is 0 Å². The van der Waals surface area contributed by atoms with Crippen molar-refractivity contribution < 1.29 is 13.7 Å². The maximum Gasteiger partial charge on any atom is 0.497 e. The van der Waals surface area contributed by atoms with E-state index >= 15 is 0 Å². The lowest BCUT2D eigenvalue weighted by atomic mass is 9.77. The van der Waals surface area contributed by atoms with Crippen molar-refractivity contribution in [3.05, 3.63) is 40.6 Å². The van der Waals surface area contributed by atoms with Gasteiger partial charge in [0.15, 0.2) is 0 Å². The van der Waals surface area contributed by atoms with Crippen molar-refractivity contribution >= 4 is 23.4 Å². The Hall–Kier alpha value is -1.66. The van der Waals surface area contributed by atoms with Crippen molar-refractivity contribution in [3.63, 3.8) is 0 Å². The molecule has 116 valence electrons. The van der Waals surface area contributed by atoms with Crippen LogP contribution in [0.3, 0.4) is 0 Å². The lowest BCUT2D eigenvalue weighted by Gasteiger charge is -2.32. The first-order valence-corrected chi connectivity index (χ1v) is 7.27. The van der Waals surface area contributed by atoms with E-state index in [1.807, 2.05) is 27.7 Å². The van der Waals surface area contributed by atoms with Crippen LogP contribution in [0.4, 0.5) is 4.39 Å². The van der Waals surface area contributed by atoms with Gasteiger partial charge < -0.3 is 13.9 Å². The Morgan fingerprint density at radius 2 is 1.64 bits per heavy atom. The average Bonchev–Trinajstić information content (AvgIpc) is 2.63. The minimum absolute atomic E-state index is 0.225. The maximum atomic E-state index is 14.8. The van der Waals surface area contributed by atoms with Gasteiger partial charge in [-0.1, -0.05) is 6.07 Å². The Labute approximate surface area is 129 Å². The van der Waals surface area contributed by atoms with Crippen LogP contribution in [-0.2, 0) is 16.4 Å². The Balaban J connectivity index is 2.13. The van der Waals surface area contributed by atoms with E-state index in [1.165, 1.54) is 4.57 Å². The van der Waals surface area contributed by atoms with Gasteiger partial charge in [-0.25, -0.2) is 4.39 Å². The molecule has 0 spiro atoms. The molecular weight excluding hydrogens is 284 g/mol. The van der Waals surface area contributed by atoms with Gasteiger partial charge in [-0.05, 0) is 39.8 Å². The fraction of sp³-hybridized carbons (Fsp3) is 0.438. The minimum atomic E-state index is -0.779. The van der Waals surface area contributed by atoms with Crippen LogP contribution in [-0.4, -0.2) is 22.9 Å². The van der Waals surface area contributed by atoms with Gasteiger partial charge in [-0.2, -0.15) is 0 Å². The van der Waals surface area contributed by atoms with Crippen LogP contribution in [0.2, 0.25) is 0 Å². The van der Waals surface area contributed by atoms with Gasteiger partial charge in [-0.3, -0.25) is 4.79 Å². The zero-order valence-corrected chi connectivity index (χ0v) is 13.4. The summed E-state index contributed by atoms with van der Waals surface area (Å²) < 4.78 is 28.0. The van der Waals surface area contributed by atoms with E-state index in [2.05, 4.69) is 0 Å². The van der Waals surface area contributed by atoms with Crippen LogP contribution in [0.15, 0.2) is 29.2 Å². The van der Waals surface area contributed by atoms with Gasteiger partial charge in [0.2, 0.25) is 0 Å². The van der Waals surface area contributed by atoms with Gasteiger partial charge in [-0.15, -0.1) is 0 Å². The monoisotopic (exact) mass is 303 g/mol. The second-order valence-corrected chi connectivity index (χ2v) is 6.75. The van der Waals surface area contributed by atoms with Gasteiger partial charge in [0.05, 0.1) is 16.6 Å². The summed E-state index contributed by atoms with van der Waals surface area (Å²) in [6.45, 7) is 7.67. The fourth-order valence-electron chi connectivity index (χ4n) is 2.56. The van der Waals surface area contributed by atoms with Gasteiger partial charge in [0, 0.05) is 24.1 Å². The van der Waals surface area contributed by atoms with E-state index < -0.39 is 24.1 Å². The molecule has 1 aliphatic heterocycles. The molecule has 3 rings (SSSR count). The quantitative estimate of drug-likeness (QED) is 0.756. The predicted molar refractivity (Wildman–Crippen MR) is 84.9 cm³/mol. The molecular formula is C16H19BFNO3. The summed E-state index contributed by atoms with van der Waals surface area (Å²) in [7, 11) is 0.861. The number of aryl methyl sites for hydroxylation is 1. The Bertz CT molecular complexity index is 797. The molecule has 0 saturated carbocycles. The van der Waals surface area contributed by atoms with Crippen molar-refractivity contribution in [1.82, 2.24) is 4.57 Å². The van der Waals surface area contributed by atoms with E-state index in [9.17, 15) is 9.18 Å². The minimum Gasteiger partial charge on any atom is -0.399 e. The van der Waals surface area contributed by atoms with E-state index in [4.69, 9.17) is 9.31 Å². The summed E-state index contributed by atoms with van der Waals surface area (Å²) >= 11 is 0. The molecule has 1 saturated heterocycles. The number of halogens is 1. The lowest BCUT2D eigenvalue weighted by molar-refractivity contribution is 0.00578. The van der Waals surface area contributed by atoms with Crippen LogP contribution in [0, 0.1) is 5.82 Å². The number of hydrogen-bond donors (Lipinski definition) is 0. The van der Waals surface area contributed by atoms with Crippen molar-refractivity contribution in [2.75, 3.05) is 0 Å². The Morgan fingerprint density at radius 1 is 1.05 bits per heavy atom. The summed E-state index contributed by atoms with van der Waals surface area (Å²) in [4.78, 5) is 12.1. The van der Waals surface area contributed by atoms with Crippen LogP contribution >= 0.6 is 0 Å². The van der Waals surface area contributed by atoms with Gasteiger partial charge in [0.25, 0.3) is 5.56 Å². The molecule has 2 heterocycles. The maximum absolute atomic E-state index is 14.8. The highest BCUT2D eigenvalue weighted by Gasteiger charge is 2.52. The van der Waals surface area contributed by atoms with Crippen LogP contribution in [0.5, 0.6) is 0 Å². The van der Waals surface area contributed by atoms with E-state index in [1.54, 1.807) is 31.4 Å². The summed E-state index contributed by atoms with van der Waals surface area (Å²) in [5.74, 6) is -0.464. The number of pyridine rings is 1. The van der Waals surface area contributed by atoms with Crippen LogP contribution in [0.25, 0.3) is 10.8 Å². The molecule has 0 radical (unpaired) electrons. The molecule has 1 aromatic heterocycles. The van der Waals surface area contributed by atoms with Crippen molar-refractivity contribution in [2.45, 2.75) is 38.9 Å². The van der Waals surface area contributed by atoms with Crippen molar-refractivity contribution in [3.8, 4) is 0 Å². The molecule has 0 atom stereocenters. The molecule has 6 heteroatoms. The Morgan fingerprint density at radius 3 is 2.23 bits per heavy atom. The van der Waals surface area contributed by atoms with Crippen molar-refractivity contribution in [2.24, 2.45) is 7.05 Å². The summed E-state index contributed by atoms with van der Waals surface area (Å²) in [6, 6.07) is 4.79. The predicted octanol–water partition coefficient (Wildman–Crippen LogP) is 1.98. The first-order valence-electron chi connectivity index (χ1n) is 7.27. The number of rotatable bonds is 1. The first kappa shape index (κ1) is 15.2. The SMILES string of the molecule is Cn1ccc2c(F)c(B3OC(C)(C)C(C)(C)O3)ccc2c1=O. The van der Waals surface area contributed by atoms with Crippen LogP contribution in [0.1, 0.15) is 27.7 Å². The standard InChI is InChI=1S/C16H19BFNO3/c1-15(2)16(3,4)22-17(21-15)12-7-6-11-10(13(12)18)8-9-19(5)14(11)20/h6-9H,1-5H3. The number of nitrogens with zero attached hydrogens (tertiary/aromatic N) is 1. The highest BCUT2D eigenvalue weighted by molar-refractivity contribution is 6.62. The number of aromatic nitrogens is 1. The highest BCUT2D eigenvalue weighted by atomic mass is 19.1. The molecule has 0 bridgehead atoms. The van der Waals surface area contributed by atoms with E-state index in [0.29, 0.717) is 10.8 Å². The third-order valence-corrected chi connectivity index (χ3v) is 4.73. The summed E-state index contributed by atoms with van der Waals surface area (Å²) in [6.07, 6.45) is 1.56. The van der Waals surface area contributed by atoms with E-state index in [-0.39, 0.29) is 10.9 Å². The second-order valence-electron chi connectivity index (χ2n) is 6.75. The molecule has 1 aliphatic rings. The average molecular weight is 303 g/mol. The number of benzene rings is 1. The van der Waals surface area contributed by atoms with Gasteiger partial charge >= 0.3 is 7.12 Å².